The van der Waals surface area contributed by atoms with Gasteiger partial charge in [-0.1, -0.05) is 28.1 Å². The second kappa shape index (κ2) is 10.5. The molecule has 0 radical (unpaired) electrons. The topological polar surface area (TPSA) is 104 Å². The van der Waals surface area contributed by atoms with E-state index >= 15 is 0 Å². The number of carbonyl (C=O) groups is 2. The van der Waals surface area contributed by atoms with Crippen molar-refractivity contribution in [3.05, 3.63) is 70.5 Å². The maximum atomic E-state index is 13.9. The van der Waals surface area contributed by atoms with Gasteiger partial charge in [0.25, 0.3) is 5.91 Å². The van der Waals surface area contributed by atoms with Crippen LogP contribution in [0.4, 0.5) is 10.1 Å². The van der Waals surface area contributed by atoms with Crippen molar-refractivity contribution in [2.24, 2.45) is 0 Å². The third-order valence-corrected chi connectivity index (χ3v) is 5.94. The van der Waals surface area contributed by atoms with Gasteiger partial charge >= 0.3 is 0 Å². The van der Waals surface area contributed by atoms with Gasteiger partial charge in [0.1, 0.15) is 10.7 Å². The van der Waals surface area contributed by atoms with Crippen LogP contribution in [0.5, 0.6) is 0 Å². The number of benzene rings is 2. The van der Waals surface area contributed by atoms with Crippen LogP contribution in [0, 0.1) is 12.7 Å². The first kappa shape index (κ1) is 23.7. The zero-order chi connectivity index (χ0) is 22.3. The van der Waals surface area contributed by atoms with Gasteiger partial charge < -0.3 is 10.6 Å². The van der Waals surface area contributed by atoms with E-state index < -0.39 is 26.6 Å². The van der Waals surface area contributed by atoms with Crippen LogP contribution in [0.1, 0.15) is 22.3 Å². The highest BCUT2D eigenvalue weighted by atomic mass is 79.9. The minimum Gasteiger partial charge on any atom is -0.352 e. The molecular weight excluding hydrogens is 477 g/mol. The number of anilines is 1. The number of hydrogen-bond acceptors (Lipinski definition) is 4. The van der Waals surface area contributed by atoms with E-state index in [0.717, 1.165) is 22.2 Å². The average molecular weight is 498 g/mol. The molecular formula is C20H21BrFN3O4S. The molecule has 160 valence electrons. The van der Waals surface area contributed by atoms with Crippen molar-refractivity contribution in [3.63, 3.8) is 0 Å². The van der Waals surface area contributed by atoms with E-state index in [1.807, 2.05) is 19.1 Å². The first-order chi connectivity index (χ1) is 14.1. The minimum absolute atomic E-state index is 0.00489. The van der Waals surface area contributed by atoms with Crippen LogP contribution < -0.4 is 15.4 Å². The number of carbonyl (C=O) groups excluding carboxylic acids is 2. The van der Waals surface area contributed by atoms with Gasteiger partial charge in [0.05, 0.1) is 0 Å². The van der Waals surface area contributed by atoms with Crippen LogP contribution in [0.3, 0.4) is 0 Å². The Morgan fingerprint density at radius 2 is 1.93 bits per heavy atom. The molecule has 0 aromatic heterocycles. The third kappa shape index (κ3) is 6.48. The minimum atomic E-state index is -4.13. The second-order valence-electron chi connectivity index (χ2n) is 6.30. The molecule has 10 heteroatoms. The van der Waals surface area contributed by atoms with Gasteiger partial charge in [0.15, 0.2) is 0 Å². The summed E-state index contributed by atoms with van der Waals surface area (Å²) in [5.74, 6) is -1.90. The number of rotatable bonds is 9. The Bertz CT molecular complexity index is 1070. The van der Waals surface area contributed by atoms with E-state index in [2.05, 4.69) is 37.9 Å². The summed E-state index contributed by atoms with van der Waals surface area (Å²) in [4.78, 5) is 23.7. The first-order valence-corrected chi connectivity index (χ1v) is 11.2. The molecule has 0 bridgehead atoms. The van der Waals surface area contributed by atoms with Crippen molar-refractivity contribution in [1.29, 1.82) is 0 Å². The molecule has 0 aliphatic heterocycles. The van der Waals surface area contributed by atoms with E-state index in [4.69, 9.17) is 0 Å². The Labute approximate surface area is 182 Å². The fraction of sp³-hybridized carbons (Fsp3) is 0.200. The van der Waals surface area contributed by atoms with Crippen molar-refractivity contribution >= 4 is 43.5 Å². The van der Waals surface area contributed by atoms with Crippen molar-refractivity contribution in [2.75, 3.05) is 18.4 Å². The van der Waals surface area contributed by atoms with Crippen LogP contribution in [0.2, 0.25) is 0 Å². The van der Waals surface area contributed by atoms with E-state index in [1.165, 1.54) is 12.1 Å². The fourth-order valence-electron chi connectivity index (χ4n) is 2.43. The Morgan fingerprint density at radius 1 is 1.20 bits per heavy atom. The highest BCUT2D eigenvalue weighted by Crippen LogP contribution is 2.20. The van der Waals surface area contributed by atoms with E-state index in [0.29, 0.717) is 5.69 Å². The predicted octanol–water partition coefficient (Wildman–Crippen LogP) is 3.12. The first-order valence-electron chi connectivity index (χ1n) is 8.88. The summed E-state index contributed by atoms with van der Waals surface area (Å²) >= 11 is 3.34. The smallest absolute Gasteiger partial charge is 0.251 e. The molecule has 0 atom stereocenters. The SMILES string of the molecule is C=CCNS(=O)(=O)c1cc(C(=O)NCCC(=O)Nc2cc(Br)ccc2C)ccc1F. The Kier molecular flexibility index (Phi) is 8.27. The summed E-state index contributed by atoms with van der Waals surface area (Å²) in [6.45, 7) is 5.19. The molecule has 2 aromatic rings. The normalized spacial score (nSPS) is 11.0. The third-order valence-electron chi connectivity index (χ3n) is 4.01. The average Bonchev–Trinajstić information content (AvgIpc) is 2.69. The lowest BCUT2D eigenvalue weighted by molar-refractivity contribution is -0.116. The predicted molar refractivity (Wildman–Crippen MR) is 116 cm³/mol. The molecule has 2 aromatic carbocycles. The number of nitrogens with one attached hydrogen (secondary N) is 3. The van der Waals surface area contributed by atoms with E-state index in [-0.39, 0.29) is 31.0 Å². The van der Waals surface area contributed by atoms with Gasteiger partial charge in [-0.2, -0.15) is 0 Å². The van der Waals surface area contributed by atoms with Gasteiger partial charge in [-0.05, 0) is 42.8 Å². The summed E-state index contributed by atoms with van der Waals surface area (Å²) in [6, 6.07) is 8.50. The second-order valence-corrected chi connectivity index (χ2v) is 8.95. The van der Waals surface area contributed by atoms with E-state index in [9.17, 15) is 22.4 Å². The van der Waals surface area contributed by atoms with Crippen LogP contribution >= 0.6 is 15.9 Å². The zero-order valence-corrected chi connectivity index (χ0v) is 18.6. The van der Waals surface area contributed by atoms with Gasteiger partial charge in [0, 0.05) is 35.2 Å². The summed E-state index contributed by atoms with van der Waals surface area (Å²) < 4.78 is 41.2. The van der Waals surface area contributed by atoms with Gasteiger partial charge in [-0.25, -0.2) is 17.5 Å². The largest absolute Gasteiger partial charge is 0.352 e. The van der Waals surface area contributed by atoms with Gasteiger partial charge in [0.2, 0.25) is 15.9 Å². The van der Waals surface area contributed by atoms with Crippen molar-refractivity contribution in [3.8, 4) is 0 Å². The summed E-state index contributed by atoms with van der Waals surface area (Å²) in [7, 11) is -4.13. The molecule has 30 heavy (non-hydrogen) atoms. The molecule has 7 nitrogen and oxygen atoms in total. The van der Waals surface area contributed by atoms with Crippen LogP contribution in [-0.4, -0.2) is 33.3 Å². The lowest BCUT2D eigenvalue weighted by atomic mass is 10.2. The maximum Gasteiger partial charge on any atom is 0.251 e. The number of aryl methyl sites for hydroxylation is 1. The molecule has 0 saturated carbocycles. The molecule has 3 N–H and O–H groups in total. The molecule has 0 unspecified atom stereocenters. The van der Waals surface area contributed by atoms with Gasteiger partial charge in [-0.3, -0.25) is 9.59 Å². The number of halogens is 2. The molecule has 0 fully saturated rings. The zero-order valence-electron chi connectivity index (χ0n) is 16.2. The lowest BCUT2D eigenvalue weighted by Crippen LogP contribution is -2.29. The number of amides is 2. The highest BCUT2D eigenvalue weighted by molar-refractivity contribution is 9.10. The Balaban J connectivity index is 1.98. The Hall–Kier alpha value is -2.56. The highest BCUT2D eigenvalue weighted by Gasteiger charge is 2.20. The quantitative estimate of drug-likeness (QED) is 0.462. The molecule has 2 rings (SSSR count). The molecule has 0 aliphatic carbocycles. The standard InChI is InChI=1S/C20H21BrFN3O4S/c1-3-9-24-30(28,29)18-11-14(5-7-16(18)22)20(27)23-10-8-19(26)25-17-12-15(21)6-4-13(17)2/h3-7,11-12,24H,1,8-10H2,2H3,(H,23,27)(H,25,26). The maximum absolute atomic E-state index is 13.9. The molecule has 0 heterocycles. The summed E-state index contributed by atoms with van der Waals surface area (Å²) in [5.41, 5.74) is 1.50. The number of sulfonamides is 1. The molecule has 0 aliphatic rings. The van der Waals surface area contributed by atoms with Crippen LogP contribution in [0.15, 0.2) is 58.4 Å². The number of hydrogen-bond donors (Lipinski definition) is 3. The van der Waals surface area contributed by atoms with Crippen molar-refractivity contribution in [1.82, 2.24) is 10.0 Å². The lowest BCUT2D eigenvalue weighted by Gasteiger charge is -2.10. The molecule has 2 amide bonds. The summed E-state index contributed by atoms with van der Waals surface area (Å²) in [6.07, 6.45) is 1.32. The van der Waals surface area contributed by atoms with Crippen LogP contribution in [0.25, 0.3) is 0 Å². The molecule has 0 spiro atoms. The van der Waals surface area contributed by atoms with E-state index in [1.54, 1.807) is 6.07 Å². The van der Waals surface area contributed by atoms with Crippen LogP contribution in [-0.2, 0) is 14.8 Å². The molecule has 0 saturated heterocycles. The fourth-order valence-corrected chi connectivity index (χ4v) is 3.89. The van der Waals surface area contributed by atoms with Crippen molar-refractivity contribution in [2.45, 2.75) is 18.2 Å². The van der Waals surface area contributed by atoms with Gasteiger partial charge in [-0.15, -0.1) is 6.58 Å². The van der Waals surface area contributed by atoms with Crippen molar-refractivity contribution < 1.29 is 22.4 Å². The summed E-state index contributed by atoms with van der Waals surface area (Å²) in [5, 5.41) is 5.28. The monoisotopic (exact) mass is 497 g/mol. The Morgan fingerprint density at radius 3 is 2.63 bits per heavy atom.